The van der Waals surface area contributed by atoms with E-state index in [4.69, 9.17) is 10.0 Å². The molecule has 1 aromatic carbocycles. The maximum atomic E-state index is 11.6. The summed E-state index contributed by atoms with van der Waals surface area (Å²) in [5.74, 6) is -0.430. The zero-order valence-electron chi connectivity index (χ0n) is 15.3. The molecule has 142 valence electrons. The molecule has 1 saturated carbocycles. The summed E-state index contributed by atoms with van der Waals surface area (Å²) in [5.41, 5.74) is 2.90. The maximum absolute atomic E-state index is 11.6. The second-order valence-corrected chi connectivity index (χ2v) is 8.07. The topological polar surface area (TPSA) is 89.8 Å². The Hall–Kier alpha value is -1.37. The quantitative estimate of drug-likeness (QED) is 0.534. The Morgan fingerprint density at radius 1 is 1.19 bits per heavy atom. The molecule has 0 saturated heterocycles. The number of rotatable bonds is 8. The molecule has 0 aromatic heterocycles. The molecular weight excluding hydrogens is 329 g/mol. The molecule has 2 aliphatic carbocycles. The van der Waals surface area contributed by atoms with Gasteiger partial charge in [-0.05, 0) is 67.9 Å². The molecule has 1 fully saturated rings. The largest absolute Gasteiger partial charge is 0.481 e. The summed E-state index contributed by atoms with van der Waals surface area (Å²) in [6.45, 7) is 0.885. The van der Waals surface area contributed by atoms with Gasteiger partial charge >= 0.3 is 13.1 Å². The minimum atomic E-state index is -1.29. The van der Waals surface area contributed by atoms with E-state index < -0.39 is 13.1 Å². The normalized spacial score (nSPS) is 27.9. The van der Waals surface area contributed by atoms with Crippen molar-refractivity contribution >= 4 is 13.1 Å². The molecule has 3 rings (SSSR count). The highest BCUT2D eigenvalue weighted by molar-refractivity contribution is 6.40. The lowest BCUT2D eigenvalue weighted by molar-refractivity contribution is -0.143. The molecule has 26 heavy (non-hydrogen) atoms. The summed E-state index contributed by atoms with van der Waals surface area (Å²) in [6.07, 6.45) is 6.74. The van der Waals surface area contributed by atoms with Gasteiger partial charge in [0.05, 0.1) is 5.92 Å². The van der Waals surface area contributed by atoms with Gasteiger partial charge in [-0.3, -0.25) is 4.79 Å². The van der Waals surface area contributed by atoms with Crippen LogP contribution in [0.5, 0.6) is 0 Å². The summed E-state index contributed by atoms with van der Waals surface area (Å²) in [4.78, 5) is 11.6. The standard InChI is InChI=1S/C20H30BNO4/c23-20(24)19-11-14(10-17(19)6-3-9-21(25)26)13-22-18-8-7-15-4-1-2-5-16(15)12-18/h1-2,4-5,14,17-19,22,25-26H,3,6-13H2,(H,23,24). The van der Waals surface area contributed by atoms with E-state index in [9.17, 15) is 9.90 Å². The molecule has 0 aliphatic heterocycles. The fraction of sp³-hybridized carbons (Fsp3) is 0.650. The Bertz CT molecular complexity index is 609. The van der Waals surface area contributed by atoms with Gasteiger partial charge in [0.2, 0.25) is 0 Å². The van der Waals surface area contributed by atoms with Crippen LogP contribution in [0, 0.1) is 17.8 Å². The van der Waals surface area contributed by atoms with Crippen LogP contribution in [-0.4, -0.2) is 40.8 Å². The summed E-state index contributed by atoms with van der Waals surface area (Å²) in [6, 6.07) is 9.12. The number of hydrogen-bond donors (Lipinski definition) is 4. The fourth-order valence-electron chi connectivity index (χ4n) is 4.80. The van der Waals surface area contributed by atoms with Crippen LogP contribution in [0.15, 0.2) is 24.3 Å². The lowest BCUT2D eigenvalue weighted by atomic mass is 9.80. The average Bonchev–Trinajstić information content (AvgIpc) is 3.03. The highest BCUT2D eigenvalue weighted by Gasteiger charge is 2.38. The van der Waals surface area contributed by atoms with Crippen LogP contribution in [0.4, 0.5) is 0 Å². The third kappa shape index (κ3) is 5.09. The van der Waals surface area contributed by atoms with Crippen LogP contribution in [0.1, 0.15) is 43.2 Å². The summed E-state index contributed by atoms with van der Waals surface area (Å²) in [5, 5.41) is 31.2. The van der Waals surface area contributed by atoms with Gasteiger partial charge in [0.25, 0.3) is 0 Å². The van der Waals surface area contributed by atoms with E-state index in [0.29, 0.717) is 24.7 Å². The predicted octanol–water partition coefficient (Wildman–Crippen LogP) is 2.11. The summed E-state index contributed by atoms with van der Waals surface area (Å²) < 4.78 is 0. The highest BCUT2D eigenvalue weighted by Crippen LogP contribution is 2.39. The number of carbonyl (C=O) groups is 1. The van der Waals surface area contributed by atoms with Crippen LogP contribution in [0.3, 0.4) is 0 Å². The number of aryl methyl sites for hydroxylation is 1. The third-order valence-electron chi connectivity index (χ3n) is 6.19. The first kappa shape index (κ1) is 19.4. The Morgan fingerprint density at radius 3 is 2.69 bits per heavy atom. The van der Waals surface area contributed by atoms with Crippen molar-refractivity contribution in [3.05, 3.63) is 35.4 Å². The third-order valence-corrected chi connectivity index (χ3v) is 6.19. The first-order valence-corrected chi connectivity index (χ1v) is 9.92. The summed E-state index contributed by atoms with van der Waals surface area (Å²) >= 11 is 0. The second kappa shape index (κ2) is 9.02. The zero-order valence-corrected chi connectivity index (χ0v) is 15.3. The van der Waals surface area contributed by atoms with E-state index in [1.165, 1.54) is 11.1 Å². The molecule has 5 nitrogen and oxygen atoms in total. The van der Waals surface area contributed by atoms with Crippen molar-refractivity contribution in [2.75, 3.05) is 6.54 Å². The fourth-order valence-corrected chi connectivity index (χ4v) is 4.80. The number of benzene rings is 1. The van der Waals surface area contributed by atoms with Gasteiger partial charge in [-0.25, -0.2) is 0 Å². The average molecular weight is 359 g/mol. The number of fused-ring (bicyclic) bond motifs is 1. The van der Waals surface area contributed by atoms with Gasteiger partial charge < -0.3 is 20.5 Å². The van der Waals surface area contributed by atoms with E-state index in [1.807, 2.05) is 0 Å². The molecule has 0 bridgehead atoms. The molecule has 0 spiro atoms. The molecule has 0 amide bonds. The van der Waals surface area contributed by atoms with Crippen LogP contribution >= 0.6 is 0 Å². The van der Waals surface area contributed by atoms with Crippen molar-refractivity contribution < 1.29 is 19.9 Å². The van der Waals surface area contributed by atoms with Crippen molar-refractivity contribution in [1.82, 2.24) is 5.32 Å². The Morgan fingerprint density at radius 2 is 1.96 bits per heavy atom. The van der Waals surface area contributed by atoms with E-state index in [2.05, 4.69) is 29.6 Å². The van der Waals surface area contributed by atoms with E-state index in [-0.39, 0.29) is 11.8 Å². The monoisotopic (exact) mass is 359 g/mol. The van der Waals surface area contributed by atoms with Gasteiger partial charge in [-0.2, -0.15) is 0 Å². The minimum absolute atomic E-state index is 0.158. The van der Waals surface area contributed by atoms with Crippen molar-refractivity contribution in [1.29, 1.82) is 0 Å². The molecule has 6 heteroatoms. The highest BCUT2D eigenvalue weighted by atomic mass is 16.4. The molecular formula is C20H30BNO4. The molecule has 4 atom stereocenters. The van der Waals surface area contributed by atoms with Crippen LogP contribution in [-0.2, 0) is 17.6 Å². The Balaban J connectivity index is 1.47. The number of aliphatic carboxylic acids is 1. The van der Waals surface area contributed by atoms with Crippen molar-refractivity contribution in [3.63, 3.8) is 0 Å². The van der Waals surface area contributed by atoms with Gasteiger partial charge in [0.1, 0.15) is 0 Å². The molecule has 2 aliphatic rings. The van der Waals surface area contributed by atoms with E-state index in [1.54, 1.807) is 0 Å². The first-order valence-electron chi connectivity index (χ1n) is 9.92. The van der Waals surface area contributed by atoms with E-state index in [0.717, 1.165) is 45.1 Å². The van der Waals surface area contributed by atoms with Crippen LogP contribution in [0.2, 0.25) is 6.32 Å². The predicted molar refractivity (Wildman–Crippen MR) is 102 cm³/mol. The van der Waals surface area contributed by atoms with Gasteiger partial charge in [-0.15, -0.1) is 0 Å². The lowest BCUT2D eigenvalue weighted by Crippen LogP contribution is -2.37. The maximum Gasteiger partial charge on any atom is 0.451 e. The van der Waals surface area contributed by atoms with Crippen molar-refractivity contribution in [2.24, 2.45) is 17.8 Å². The molecule has 4 N–H and O–H groups in total. The Kier molecular flexibility index (Phi) is 6.73. The number of carboxylic acid groups (broad SMARTS) is 1. The van der Waals surface area contributed by atoms with E-state index >= 15 is 0 Å². The van der Waals surface area contributed by atoms with Gasteiger partial charge in [0.15, 0.2) is 0 Å². The number of carboxylic acids is 1. The zero-order chi connectivity index (χ0) is 18.5. The van der Waals surface area contributed by atoms with Gasteiger partial charge in [-0.1, -0.05) is 37.1 Å². The Labute approximate surface area is 156 Å². The number of hydrogen-bond acceptors (Lipinski definition) is 4. The SMILES string of the molecule is O=C(O)C1CC(CNC2CCc3ccccc3C2)CC1CCCB(O)O. The molecule has 4 unspecified atom stereocenters. The molecule has 0 heterocycles. The van der Waals surface area contributed by atoms with Crippen molar-refractivity contribution in [2.45, 2.75) is 57.3 Å². The van der Waals surface area contributed by atoms with Crippen LogP contribution in [0.25, 0.3) is 0 Å². The lowest BCUT2D eigenvalue weighted by Gasteiger charge is -2.26. The number of nitrogens with one attached hydrogen (secondary N) is 1. The second-order valence-electron chi connectivity index (χ2n) is 8.07. The smallest absolute Gasteiger partial charge is 0.451 e. The summed E-state index contributed by atoms with van der Waals surface area (Å²) in [7, 11) is -1.29. The minimum Gasteiger partial charge on any atom is -0.481 e. The first-order chi connectivity index (χ1) is 12.5. The molecule has 1 aromatic rings. The van der Waals surface area contributed by atoms with Crippen molar-refractivity contribution in [3.8, 4) is 0 Å². The van der Waals surface area contributed by atoms with Gasteiger partial charge in [0, 0.05) is 6.04 Å². The molecule has 0 radical (unpaired) electrons. The van der Waals surface area contributed by atoms with Crippen LogP contribution < -0.4 is 5.32 Å².